The van der Waals surface area contributed by atoms with Crippen molar-refractivity contribution in [1.82, 2.24) is 0 Å². The molecule has 0 amide bonds. The molecular formula is C56H34O2. The van der Waals surface area contributed by atoms with E-state index >= 15 is 0 Å². The molecule has 0 radical (unpaired) electrons. The Labute approximate surface area is 381 Å². The van der Waals surface area contributed by atoms with Gasteiger partial charge in [-0.3, -0.25) is 0 Å². The molecule has 0 aliphatic heterocycles. The van der Waals surface area contributed by atoms with E-state index in [1.807, 2.05) is 0 Å². The molecule has 0 N–H and O–H groups in total. The molecule has 0 spiro atoms. The third-order valence-corrected chi connectivity index (χ3v) is 9.57. The third-order valence-electron chi connectivity index (χ3n) is 9.57. The van der Waals surface area contributed by atoms with Gasteiger partial charge in [-0.1, -0.05) is 181 Å². The maximum atomic E-state index is 9.81. The minimum atomic E-state index is -1.20. The molecule has 270 valence electrons. The first-order chi connectivity index (χ1) is 42.5. The molecule has 2 heterocycles. The van der Waals surface area contributed by atoms with Crippen molar-refractivity contribution in [2.75, 3.05) is 0 Å². The molecule has 2 nitrogen and oxygen atoms in total. The summed E-state index contributed by atoms with van der Waals surface area (Å²) in [7, 11) is 0. The summed E-state index contributed by atoms with van der Waals surface area (Å²) in [5, 5.41) is -5.49. The molecule has 0 atom stereocenters. The van der Waals surface area contributed by atoms with Gasteiger partial charge in [0.1, 0.15) is 11.2 Å². The smallest absolute Gasteiger partial charge is 0.178 e. The first-order valence-electron chi connectivity index (χ1n) is 33.6. The van der Waals surface area contributed by atoms with E-state index in [-0.39, 0.29) is 10.8 Å². The zero-order valence-corrected chi connectivity index (χ0v) is 28.9. The van der Waals surface area contributed by atoms with Gasteiger partial charge < -0.3 is 8.83 Å². The molecule has 12 rings (SSSR count). The van der Waals surface area contributed by atoms with Crippen LogP contribution in [0.25, 0.3) is 121 Å². The van der Waals surface area contributed by atoms with Crippen LogP contribution in [0.5, 0.6) is 0 Å². The highest BCUT2D eigenvalue weighted by Crippen LogP contribution is 2.49. The van der Waals surface area contributed by atoms with Crippen molar-refractivity contribution in [2.45, 2.75) is 0 Å². The number of para-hydroxylation sites is 1. The van der Waals surface area contributed by atoms with Crippen LogP contribution in [0.15, 0.2) is 214 Å². The topological polar surface area (TPSA) is 26.3 Å². The lowest BCUT2D eigenvalue weighted by molar-refractivity contribution is 0.633. The molecule has 0 fully saturated rings. The van der Waals surface area contributed by atoms with Crippen LogP contribution in [0.2, 0.25) is 0 Å². The minimum absolute atomic E-state index is 0.361. The average Bonchev–Trinajstić information content (AvgIpc) is 1.61. The van der Waals surface area contributed by atoms with Crippen LogP contribution < -0.4 is 0 Å². The molecule has 10 aromatic carbocycles. The van der Waals surface area contributed by atoms with Gasteiger partial charge in [-0.15, -0.1) is 0 Å². The molecule has 0 aliphatic carbocycles. The minimum Gasteiger partial charge on any atom is -0.452 e. The van der Waals surface area contributed by atoms with Crippen LogP contribution in [-0.4, -0.2) is 0 Å². The lowest BCUT2D eigenvalue weighted by atomic mass is 9.83. The van der Waals surface area contributed by atoms with Crippen LogP contribution in [0.3, 0.4) is 0 Å². The average molecular weight is 772 g/mol. The van der Waals surface area contributed by atoms with Gasteiger partial charge in [0, 0.05) is 21.5 Å². The Hall–Kier alpha value is -7.68. The Bertz CT molecular complexity index is 5400. The fourth-order valence-electron chi connectivity index (χ4n) is 7.15. The fraction of sp³-hybridized carbons (Fsp3) is 0. The Balaban J connectivity index is 1.30. The van der Waals surface area contributed by atoms with Crippen LogP contribution in [0.4, 0.5) is 0 Å². The van der Waals surface area contributed by atoms with Gasteiger partial charge in [0.05, 0.1) is 45.2 Å². The third kappa shape index (κ3) is 4.92. The monoisotopic (exact) mass is 771 g/mol. The van der Waals surface area contributed by atoms with E-state index in [4.69, 9.17) is 36.2 Å². The summed E-state index contributed by atoms with van der Waals surface area (Å²) >= 11 is 0. The molecule has 0 bridgehead atoms. The highest BCUT2D eigenvalue weighted by molar-refractivity contribution is 6.25. The van der Waals surface area contributed by atoms with Crippen molar-refractivity contribution in [3.8, 4) is 55.6 Å². The van der Waals surface area contributed by atoms with E-state index in [0.29, 0.717) is 0 Å². The summed E-state index contributed by atoms with van der Waals surface area (Å²) < 4.78 is 314. The van der Waals surface area contributed by atoms with Crippen molar-refractivity contribution in [1.29, 1.82) is 0 Å². The second-order valence-electron chi connectivity index (χ2n) is 12.6. The molecule has 0 aliphatic rings. The predicted octanol–water partition coefficient (Wildman–Crippen LogP) is 16.1. The number of fused-ring (bicyclic) bond motifs is 9. The molecule has 0 saturated carbocycles. The molecule has 0 unspecified atom stereocenters. The van der Waals surface area contributed by atoms with Gasteiger partial charge >= 0.3 is 0 Å². The number of benzene rings is 10. The summed E-state index contributed by atoms with van der Waals surface area (Å²) in [5.74, 6) is 0. The Morgan fingerprint density at radius 1 is 0.276 bits per heavy atom. The van der Waals surface area contributed by atoms with Crippen molar-refractivity contribution in [3.05, 3.63) is 205 Å². The van der Waals surface area contributed by atoms with Crippen LogP contribution in [-0.2, 0) is 0 Å². The van der Waals surface area contributed by atoms with Crippen LogP contribution in [0.1, 0.15) is 45.2 Å². The van der Waals surface area contributed by atoms with Gasteiger partial charge in [0.15, 0.2) is 11.2 Å². The van der Waals surface area contributed by atoms with Gasteiger partial charge in [0.25, 0.3) is 0 Å². The standard InChI is InChI=1S/C56H34O2/c1-2-15-35(16-3-1)38-17-4-5-18-39(38)36-29-31-37(32-30-36)52-44-22-8-10-24-46(44)53(47-25-11-9-23-45(47)52)42-21-7-6-19-40(42)43-26-14-28-51-54(43)49-34-33-48-41-20-12-13-27-50(41)57-55(48)56(49)58-51/h1-34H/i1D,2D,3D,4D,5D,6D,7D,8D,9D,10D,11D,12D,13D,14D,15D,17D,18D,19D,20D,21D,22D,23D,24D,25D,26D,27D,28D,29D,30D,31D,32D,33D,34D. The lowest BCUT2D eigenvalue weighted by Crippen LogP contribution is -1.93. The first-order valence-corrected chi connectivity index (χ1v) is 17.1. The van der Waals surface area contributed by atoms with E-state index in [2.05, 4.69) is 0 Å². The summed E-state index contributed by atoms with van der Waals surface area (Å²) in [4.78, 5) is 0. The van der Waals surface area contributed by atoms with E-state index in [1.54, 1.807) is 0 Å². The maximum Gasteiger partial charge on any atom is 0.178 e. The van der Waals surface area contributed by atoms with E-state index < -0.39 is 310 Å². The first kappa shape index (κ1) is 13.8. The highest BCUT2D eigenvalue weighted by atomic mass is 16.4. The summed E-state index contributed by atoms with van der Waals surface area (Å²) in [5.41, 5.74) is -10.7. The molecule has 12 aromatic rings. The van der Waals surface area contributed by atoms with Gasteiger partial charge in [0.2, 0.25) is 0 Å². The summed E-state index contributed by atoms with van der Waals surface area (Å²) in [6.07, 6.45) is 0. The fourth-order valence-corrected chi connectivity index (χ4v) is 7.15. The van der Waals surface area contributed by atoms with E-state index in [9.17, 15) is 17.8 Å². The van der Waals surface area contributed by atoms with Crippen molar-refractivity contribution in [3.63, 3.8) is 0 Å². The second kappa shape index (κ2) is 12.9. The largest absolute Gasteiger partial charge is 0.452 e. The maximum absolute atomic E-state index is 9.81. The predicted molar refractivity (Wildman–Crippen MR) is 243 cm³/mol. The number of furan rings is 2. The normalized spacial score (nSPS) is 19.8. The zero-order valence-electron chi connectivity index (χ0n) is 61.9. The zero-order chi connectivity index (χ0) is 66.9. The molecule has 0 saturated heterocycles. The van der Waals surface area contributed by atoms with Crippen molar-refractivity contribution >= 4 is 65.4 Å². The quantitative estimate of drug-likeness (QED) is 0.163. The van der Waals surface area contributed by atoms with E-state index in [1.165, 1.54) is 0 Å². The number of hydrogen-bond donors (Lipinski definition) is 0. The molecule has 2 heteroatoms. The number of rotatable bonds is 5. The highest BCUT2D eigenvalue weighted by Gasteiger charge is 2.22. The lowest BCUT2D eigenvalue weighted by Gasteiger charge is -2.20. The van der Waals surface area contributed by atoms with Crippen molar-refractivity contribution in [2.24, 2.45) is 0 Å². The van der Waals surface area contributed by atoms with Gasteiger partial charge in [-0.05, 0) is 101 Å². The summed E-state index contributed by atoms with van der Waals surface area (Å²) in [6, 6.07) is -31.9. The van der Waals surface area contributed by atoms with Crippen molar-refractivity contribution < 1.29 is 54.1 Å². The molecular weight excluding hydrogens is 705 g/mol. The van der Waals surface area contributed by atoms with Crippen LogP contribution in [0, 0.1) is 0 Å². The Morgan fingerprint density at radius 3 is 1.52 bits per heavy atom. The molecule has 58 heavy (non-hydrogen) atoms. The SMILES string of the molecule is [2H]c1cc(-c2c([2H])c([2H])c([2H])c([2H])c2-c2c([2H])c([2H])c(-c3c4c([2H])c([2H])c([2H])c([2H])c4c(-c4c([2H])c([2H])c([2H])c([2H])c4-c4c([2H])c([2H])c([2H])c5oc6c7oc8c([2H])c([2H])c([2H])c([2H])c8c7c([2H])c([2H])c6c45)c4c([2H])c([2H])c([2H])c([2H])c34)c([2H])c2[2H])c([2H])c([2H])c1[2H]. The summed E-state index contributed by atoms with van der Waals surface area (Å²) in [6.45, 7) is 0. The number of hydrogen-bond acceptors (Lipinski definition) is 2. The van der Waals surface area contributed by atoms with Gasteiger partial charge in [-0.2, -0.15) is 0 Å². The Kier molecular flexibility index (Phi) is 3.07. The van der Waals surface area contributed by atoms with E-state index in [0.717, 1.165) is 6.07 Å². The van der Waals surface area contributed by atoms with Crippen LogP contribution >= 0.6 is 0 Å². The second-order valence-corrected chi connectivity index (χ2v) is 12.6. The molecule has 2 aromatic heterocycles. The Morgan fingerprint density at radius 2 is 0.776 bits per heavy atom. The van der Waals surface area contributed by atoms with Gasteiger partial charge in [-0.25, -0.2) is 0 Å².